The van der Waals surface area contributed by atoms with Gasteiger partial charge in [0.05, 0.1) is 24.4 Å². The van der Waals surface area contributed by atoms with Gasteiger partial charge in [0.15, 0.2) is 0 Å². The van der Waals surface area contributed by atoms with Crippen LogP contribution in [0.5, 0.6) is 0 Å². The van der Waals surface area contributed by atoms with Crippen LogP contribution in [0, 0.1) is 17.1 Å². The first-order valence-corrected chi connectivity index (χ1v) is 7.72. The van der Waals surface area contributed by atoms with Gasteiger partial charge in [-0.1, -0.05) is 30.3 Å². The first kappa shape index (κ1) is 16.0. The molecule has 0 atom stereocenters. The van der Waals surface area contributed by atoms with Gasteiger partial charge in [0.25, 0.3) is 0 Å². The Balaban J connectivity index is 1.83. The Bertz CT molecular complexity index is 823. The van der Waals surface area contributed by atoms with Gasteiger partial charge in [0, 0.05) is 18.7 Å². The predicted octanol–water partition coefficient (Wildman–Crippen LogP) is 4.49. The van der Waals surface area contributed by atoms with E-state index in [1.54, 1.807) is 12.3 Å². The molecular formula is C20H17FN2O. The number of furan rings is 1. The fourth-order valence-corrected chi connectivity index (χ4v) is 2.64. The van der Waals surface area contributed by atoms with Crippen LogP contribution in [-0.2, 0) is 19.6 Å². The lowest BCUT2D eigenvalue weighted by atomic mass is 10.1. The molecule has 4 heteroatoms. The Labute approximate surface area is 140 Å². The van der Waals surface area contributed by atoms with Gasteiger partial charge < -0.3 is 4.42 Å². The SMILES string of the molecule is N#Cc1ccc(F)c(CN(Cc2ccccc2)Cc2ccco2)c1. The summed E-state index contributed by atoms with van der Waals surface area (Å²) in [5, 5.41) is 9.03. The molecule has 3 aromatic rings. The highest BCUT2D eigenvalue weighted by atomic mass is 19.1. The molecule has 0 amide bonds. The lowest BCUT2D eigenvalue weighted by molar-refractivity contribution is 0.224. The summed E-state index contributed by atoms with van der Waals surface area (Å²) in [6, 6.07) is 20.3. The molecule has 0 aliphatic carbocycles. The molecule has 24 heavy (non-hydrogen) atoms. The molecule has 1 heterocycles. The second-order valence-electron chi connectivity index (χ2n) is 5.63. The molecule has 0 unspecified atom stereocenters. The second-order valence-corrected chi connectivity index (χ2v) is 5.63. The molecule has 1 aromatic heterocycles. The zero-order valence-electron chi connectivity index (χ0n) is 13.2. The van der Waals surface area contributed by atoms with Gasteiger partial charge in [-0.15, -0.1) is 0 Å². The van der Waals surface area contributed by atoms with E-state index in [0.29, 0.717) is 30.8 Å². The quantitative estimate of drug-likeness (QED) is 0.672. The van der Waals surface area contributed by atoms with Crippen LogP contribution in [0.4, 0.5) is 4.39 Å². The van der Waals surface area contributed by atoms with Crippen molar-refractivity contribution >= 4 is 0 Å². The van der Waals surface area contributed by atoms with Gasteiger partial charge in [-0.05, 0) is 35.9 Å². The van der Waals surface area contributed by atoms with Crippen molar-refractivity contribution in [3.63, 3.8) is 0 Å². The van der Waals surface area contributed by atoms with E-state index in [1.165, 1.54) is 12.1 Å². The Morgan fingerprint density at radius 2 is 1.79 bits per heavy atom. The average molecular weight is 320 g/mol. The van der Waals surface area contributed by atoms with Crippen LogP contribution in [0.1, 0.15) is 22.5 Å². The zero-order valence-corrected chi connectivity index (χ0v) is 13.2. The summed E-state index contributed by atoms with van der Waals surface area (Å²) >= 11 is 0. The molecule has 0 N–H and O–H groups in total. The summed E-state index contributed by atoms with van der Waals surface area (Å²) in [7, 11) is 0. The van der Waals surface area contributed by atoms with Gasteiger partial charge in [-0.3, -0.25) is 4.90 Å². The van der Waals surface area contributed by atoms with Gasteiger partial charge in [0.2, 0.25) is 0 Å². The topological polar surface area (TPSA) is 40.2 Å². The molecule has 120 valence electrons. The van der Waals surface area contributed by atoms with E-state index in [9.17, 15) is 4.39 Å². The normalized spacial score (nSPS) is 10.7. The third kappa shape index (κ3) is 4.09. The molecule has 0 saturated heterocycles. The number of nitriles is 1. The zero-order chi connectivity index (χ0) is 16.8. The van der Waals surface area contributed by atoms with Crippen LogP contribution in [0.25, 0.3) is 0 Å². The van der Waals surface area contributed by atoms with Crippen molar-refractivity contribution in [2.24, 2.45) is 0 Å². The van der Waals surface area contributed by atoms with Crippen LogP contribution in [0.3, 0.4) is 0 Å². The highest BCUT2D eigenvalue weighted by Gasteiger charge is 2.13. The van der Waals surface area contributed by atoms with Crippen molar-refractivity contribution in [1.82, 2.24) is 4.90 Å². The van der Waals surface area contributed by atoms with E-state index in [0.717, 1.165) is 11.3 Å². The van der Waals surface area contributed by atoms with Crippen LogP contribution in [0.15, 0.2) is 71.3 Å². The van der Waals surface area contributed by atoms with Crippen molar-refractivity contribution in [2.75, 3.05) is 0 Å². The fourth-order valence-electron chi connectivity index (χ4n) is 2.64. The Morgan fingerprint density at radius 3 is 2.50 bits per heavy atom. The average Bonchev–Trinajstić information content (AvgIpc) is 3.11. The highest BCUT2D eigenvalue weighted by molar-refractivity contribution is 5.33. The summed E-state index contributed by atoms with van der Waals surface area (Å²) in [5.41, 5.74) is 2.11. The van der Waals surface area contributed by atoms with Gasteiger partial charge in [-0.2, -0.15) is 5.26 Å². The van der Waals surface area contributed by atoms with Crippen LogP contribution in [0.2, 0.25) is 0 Å². The molecule has 0 spiro atoms. The minimum absolute atomic E-state index is 0.300. The van der Waals surface area contributed by atoms with Gasteiger partial charge in [0.1, 0.15) is 11.6 Å². The minimum Gasteiger partial charge on any atom is -0.468 e. The van der Waals surface area contributed by atoms with Crippen molar-refractivity contribution in [3.05, 3.63) is 95.2 Å². The number of rotatable bonds is 6. The number of hydrogen-bond donors (Lipinski definition) is 0. The van der Waals surface area contributed by atoms with E-state index >= 15 is 0 Å². The third-order valence-corrected chi connectivity index (χ3v) is 3.78. The Morgan fingerprint density at radius 1 is 0.958 bits per heavy atom. The fraction of sp³-hybridized carbons (Fsp3) is 0.150. The van der Waals surface area contributed by atoms with Crippen LogP contribution >= 0.6 is 0 Å². The van der Waals surface area contributed by atoms with E-state index in [1.807, 2.05) is 42.5 Å². The predicted molar refractivity (Wildman–Crippen MR) is 89.2 cm³/mol. The van der Waals surface area contributed by atoms with E-state index in [4.69, 9.17) is 9.68 Å². The molecule has 3 rings (SSSR count). The van der Waals surface area contributed by atoms with Crippen molar-refractivity contribution in [1.29, 1.82) is 5.26 Å². The molecule has 0 fully saturated rings. The van der Waals surface area contributed by atoms with E-state index in [-0.39, 0.29) is 5.82 Å². The summed E-state index contributed by atoms with van der Waals surface area (Å²) in [4.78, 5) is 2.09. The van der Waals surface area contributed by atoms with Crippen LogP contribution < -0.4 is 0 Å². The smallest absolute Gasteiger partial charge is 0.127 e. The number of benzene rings is 2. The first-order valence-electron chi connectivity index (χ1n) is 7.72. The van der Waals surface area contributed by atoms with Crippen molar-refractivity contribution in [3.8, 4) is 6.07 Å². The van der Waals surface area contributed by atoms with E-state index in [2.05, 4.69) is 11.0 Å². The molecule has 0 saturated carbocycles. The lowest BCUT2D eigenvalue weighted by Gasteiger charge is -2.22. The molecular weight excluding hydrogens is 303 g/mol. The summed E-state index contributed by atoms with van der Waals surface area (Å²) in [6.45, 7) is 1.63. The van der Waals surface area contributed by atoms with Gasteiger partial charge in [-0.25, -0.2) is 4.39 Å². The summed E-state index contributed by atoms with van der Waals surface area (Å²) in [5.74, 6) is 0.522. The Kier molecular flexibility index (Phi) is 5.05. The van der Waals surface area contributed by atoms with Gasteiger partial charge >= 0.3 is 0 Å². The van der Waals surface area contributed by atoms with E-state index < -0.39 is 0 Å². The number of nitrogens with zero attached hydrogens (tertiary/aromatic N) is 2. The molecule has 0 aliphatic rings. The highest BCUT2D eigenvalue weighted by Crippen LogP contribution is 2.17. The maximum Gasteiger partial charge on any atom is 0.127 e. The first-order chi connectivity index (χ1) is 11.7. The third-order valence-electron chi connectivity index (χ3n) is 3.78. The molecule has 0 bridgehead atoms. The number of halogens is 1. The number of hydrogen-bond acceptors (Lipinski definition) is 3. The summed E-state index contributed by atoms with van der Waals surface area (Å²) < 4.78 is 19.6. The molecule has 2 aromatic carbocycles. The van der Waals surface area contributed by atoms with Crippen molar-refractivity contribution in [2.45, 2.75) is 19.6 Å². The van der Waals surface area contributed by atoms with Crippen LogP contribution in [-0.4, -0.2) is 4.90 Å². The largest absolute Gasteiger partial charge is 0.468 e. The standard InChI is InChI=1S/C20H17FN2O/c21-20-9-8-17(12-22)11-18(20)14-23(15-19-7-4-10-24-19)13-16-5-2-1-3-6-16/h1-11H,13-15H2. The van der Waals surface area contributed by atoms with Crippen molar-refractivity contribution < 1.29 is 8.81 Å². The minimum atomic E-state index is -0.300. The monoisotopic (exact) mass is 320 g/mol. The Hall–Kier alpha value is -2.90. The maximum absolute atomic E-state index is 14.1. The maximum atomic E-state index is 14.1. The lowest BCUT2D eigenvalue weighted by Crippen LogP contribution is -2.22. The second kappa shape index (κ2) is 7.58. The molecule has 3 nitrogen and oxygen atoms in total. The molecule has 0 aliphatic heterocycles. The summed E-state index contributed by atoms with van der Waals surface area (Å²) in [6.07, 6.45) is 1.63. The molecule has 0 radical (unpaired) electrons.